The molecule has 158 valence electrons. The van der Waals surface area contributed by atoms with Gasteiger partial charge in [-0.2, -0.15) is 5.10 Å². The minimum atomic E-state index is -0.366. The minimum absolute atomic E-state index is 0.305. The van der Waals surface area contributed by atoms with Crippen LogP contribution in [0.5, 0.6) is 0 Å². The monoisotopic (exact) mass is 409 g/mol. The van der Waals surface area contributed by atoms with Crippen molar-refractivity contribution in [1.82, 2.24) is 24.9 Å². The second kappa shape index (κ2) is 8.52. The smallest absolute Gasteiger partial charge is 0.198 e. The number of imidazole rings is 1. The van der Waals surface area contributed by atoms with E-state index in [1.165, 1.54) is 25.3 Å². The van der Waals surface area contributed by atoms with E-state index in [-0.39, 0.29) is 5.82 Å². The van der Waals surface area contributed by atoms with Crippen LogP contribution in [0.25, 0.3) is 28.0 Å². The summed E-state index contributed by atoms with van der Waals surface area (Å²) < 4.78 is 22.5. The fourth-order valence-electron chi connectivity index (χ4n) is 4.06. The van der Waals surface area contributed by atoms with Gasteiger partial charge in [-0.3, -0.25) is 0 Å². The average molecular weight is 410 g/mol. The van der Waals surface area contributed by atoms with Crippen molar-refractivity contribution in [3.05, 3.63) is 47.4 Å². The zero-order chi connectivity index (χ0) is 21.3. The summed E-state index contributed by atoms with van der Waals surface area (Å²) >= 11 is 0. The van der Waals surface area contributed by atoms with Crippen molar-refractivity contribution in [1.29, 1.82) is 0 Å². The summed E-state index contributed by atoms with van der Waals surface area (Å²) in [4.78, 5) is 8.93. The molecule has 4 aromatic rings. The molecule has 0 saturated heterocycles. The number of hydrogen-bond donors (Lipinski definition) is 1. The van der Waals surface area contributed by atoms with Crippen LogP contribution in [-0.4, -0.2) is 33.7 Å². The van der Waals surface area contributed by atoms with Crippen molar-refractivity contribution in [3.8, 4) is 11.3 Å². The standard InChI is InChI=1S/C21H21FN4O.C2H7N/c1-12-8-17(25-26-11-13(2)23-20(12)26)15-9-16(22)19-18(10-15)27-21(24-19)14-6-4-3-5-7-14;1-3-2/h8-11,14H,3-7H2,1-2H3;3H,1-2H3. The van der Waals surface area contributed by atoms with E-state index in [0.717, 1.165) is 29.7 Å². The number of aryl methyl sites for hydroxylation is 2. The summed E-state index contributed by atoms with van der Waals surface area (Å²) in [5, 5.41) is 7.35. The highest BCUT2D eigenvalue weighted by atomic mass is 19.1. The predicted octanol–water partition coefficient (Wildman–Crippen LogP) is 5.18. The van der Waals surface area contributed by atoms with Gasteiger partial charge in [0.1, 0.15) is 5.52 Å². The van der Waals surface area contributed by atoms with E-state index in [2.05, 4.69) is 20.4 Å². The minimum Gasteiger partial charge on any atom is -0.440 e. The Morgan fingerprint density at radius 2 is 1.80 bits per heavy atom. The molecule has 0 amide bonds. The van der Waals surface area contributed by atoms with Crippen molar-refractivity contribution in [2.24, 2.45) is 0 Å². The molecule has 3 aromatic heterocycles. The zero-order valence-electron chi connectivity index (χ0n) is 18.0. The molecule has 0 spiro atoms. The lowest BCUT2D eigenvalue weighted by atomic mass is 9.89. The number of fused-ring (bicyclic) bond motifs is 2. The first kappa shape index (κ1) is 20.5. The van der Waals surface area contributed by atoms with E-state index in [0.29, 0.717) is 34.2 Å². The first-order chi connectivity index (χ1) is 14.5. The van der Waals surface area contributed by atoms with Crippen LogP contribution < -0.4 is 5.32 Å². The highest BCUT2D eigenvalue weighted by Crippen LogP contribution is 2.35. The molecule has 0 unspecified atom stereocenters. The van der Waals surface area contributed by atoms with Crippen LogP contribution in [0.4, 0.5) is 4.39 Å². The SMILES string of the molecule is CNC.Cc1cn2nc(-c3cc(F)c4nc(C5CCCCC5)oc4c3)cc(C)c2n1. The summed E-state index contributed by atoms with van der Waals surface area (Å²) in [7, 11) is 3.75. The molecular weight excluding hydrogens is 381 g/mol. The van der Waals surface area contributed by atoms with Gasteiger partial charge in [-0.05, 0) is 64.5 Å². The summed E-state index contributed by atoms with van der Waals surface area (Å²) in [6.07, 6.45) is 7.64. The molecule has 1 aliphatic rings. The molecule has 30 heavy (non-hydrogen) atoms. The lowest BCUT2D eigenvalue weighted by Gasteiger charge is -2.17. The second-order valence-electron chi connectivity index (χ2n) is 8.05. The average Bonchev–Trinajstić information content (AvgIpc) is 3.33. The van der Waals surface area contributed by atoms with Gasteiger partial charge in [0.2, 0.25) is 0 Å². The molecule has 7 heteroatoms. The second-order valence-corrected chi connectivity index (χ2v) is 8.05. The van der Waals surface area contributed by atoms with Crippen molar-refractivity contribution in [2.75, 3.05) is 14.1 Å². The Bertz CT molecular complexity index is 1170. The molecule has 5 rings (SSSR count). The number of hydrogen-bond acceptors (Lipinski definition) is 5. The zero-order valence-corrected chi connectivity index (χ0v) is 18.0. The van der Waals surface area contributed by atoms with Crippen molar-refractivity contribution < 1.29 is 8.81 Å². The topological polar surface area (TPSA) is 68.2 Å². The molecule has 0 bridgehead atoms. The Morgan fingerprint density at radius 1 is 1.07 bits per heavy atom. The summed E-state index contributed by atoms with van der Waals surface area (Å²) in [5.74, 6) is 0.611. The van der Waals surface area contributed by atoms with Gasteiger partial charge in [0.15, 0.2) is 22.9 Å². The van der Waals surface area contributed by atoms with Crippen LogP contribution in [0, 0.1) is 19.7 Å². The summed E-state index contributed by atoms with van der Waals surface area (Å²) in [6.45, 7) is 3.91. The molecular formula is C23H28FN5O. The Balaban J connectivity index is 0.000000687. The molecule has 0 atom stereocenters. The molecule has 1 aromatic carbocycles. The van der Waals surface area contributed by atoms with Crippen molar-refractivity contribution >= 4 is 16.7 Å². The van der Waals surface area contributed by atoms with Gasteiger partial charge < -0.3 is 9.73 Å². The van der Waals surface area contributed by atoms with E-state index >= 15 is 0 Å². The van der Waals surface area contributed by atoms with Gasteiger partial charge in [-0.15, -0.1) is 0 Å². The van der Waals surface area contributed by atoms with Crippen molar-refractivity contribution in [3.63, 3.8) is 0 Å². The molecule has 1 N–H and O–H groups in total. The molecule has 6 nitrogen and oxygen atoms in total. The summed E-state index contributed by atoms with van der Waals surface area (Å²) in [6, 6.07) is 5.27. The normalized spacial score (nSPS) is 14.8. The van der Waals surface area contributed by atoms with Crippen molar-refractivity contribution in [2.45, 2.75) is 51.9 Å². The van der Waals surface area contributed by atoms with Gasteiger partial charge in [0.05, 0.1) is 17.6 Å². The van der Waals surface area contributed by atoms with Crippen LogP contribution in [0.1, 0.15) is 55.2 Å². The molecule has 0 aliphatic heterocycles. The van der Waals surface area contributed by atoms with Gasteiger partial charge in [-0.25, -0.2) is 18.9 Å². The van der Waals surface area contributed by atoms with Crippen LogP contribution in [0.15, 0.2) is 28.8 Å². The lowest BCUT2D eigenvalue weighted by molar-refractivity contribution is 0.373. The number of benzene rings is 1. The molecule has 0 radical (unpaired) electrons. The maximum absolute atomic E-state index is 14.8. The Morgan fingerprint density at radius 3 is 2.53 bits per heavy atom. The van der Waals surface area contributed by atoms with Crippen LogP contribution in [0.2, 0.25) is 0 Å². The Labute approximate surface area is 175 Å². The first-order valence-corrected chi connectivity index (χ1v) is 10.5. The number of nitrogens with zero attached hydrogens (tertiary/aromatic N) is 4. The van der Waals surface area contributed by atoms with E-state index < -0.39 is 0 Å². The van der Waals surface area contributed by atoms with Gasteiger partial charge in [-0.1, -0.05) is 19.3 Å². The maximum Gasteiger partial charge on any atom is 0.198 e. The molecule has 1 saturated carbocycles. The fourth-order valence-corrected chi connectivity index (χ4v) is 4.06. The third-order valence-corrected chi connectivity index (χ3v) is 5.44. The number of rotatable bonds is 2. The van der Waals surface area contributed by atoms with Crippen LogP contribution in [-0.2, 0) is 0 Å². The largest absolute Gasteiger partial charge is 0.440 e. The third-order valence-electron chi connectivity index (χ3n) is 5.44. The summed E-state index contributed by atoms with van der Waals surface area (Å²) in [5.41, 5.74) is 4.89. The number of oxazole rings is 1. The number of halogens is 1. The molecule has 3 heterocycles. The molecule has 1 fully saturated rings. The Hall–Kier alpha value is -2.80. The van der Waals surface area contributed by atoms with E-state index in [1.54, 1.807) is 4.52 Å². The quantitative estimate of drug-likeness (QED) is 0.494. The highest BCUT2D eigenvalue weighted by molar-refractivity contribution is 5.80. The van der Waals surface area contributed by atoms with Gasteiger partial charge in [0.25, 0.3) is 0 Å². The number of nitrogens with one attached hydrogen (secondary N) is 1. The highest BCUT2D eigenvalue weighted by Gasteiger charge is 2.22. The van der Waals surface area contributed by atoms with E-state index in [4.69, 9.17) is 4.42 Å². The van der Waals surface area contributed by atoms with E-state index in [9.17, 15) is 4.39 Å². The van der Waals surface area contributed by atoms with Gasteiger partial charge in [0, 0.05) is 11.5 Å². The van der Waals surface area contributed by atoms with Gasteiger partial charge >= 0.3 is 0 Å². The number of aromatic nitrogens is 4. The lowest BCUT2D eigenvalue weighted by Crippen LogP contribution is -2.04. The fraction of sp³-hybridized carbons (Fsp3) is 0.435. The van der Waals surface area contributed by atoms with E-state index in [1.807, 2.05) is 46.3 Å². The predicted molar refractivity (Wildman–Crippen MR) is 116 cm³/mol. The Kier molecular flexibility index (Phi) is 5.81. The maximum atomic E-state index is 14.8. The van der Waals surface area contributed by atoms with Crippen LogP contribution >= 0.6 is 0 Å². The first-order valence-electron chi connectivity index (χ1n) is 10.5. The third kappa shape index (κ3) is 3.94. The van der Waals surface area contributed by atoms with Crippen LogP contribution in [0.3, 0.4) is 0 Å². The molecule has 1 aliphatic carbocycles.